The lowest BCUT2D eigenvalue weighted by Gasteiger charge is -2.36. The molecule has 30 heavy (non-hydrogen) atoms. The number of carbonyl (C=O) groups is 1. The highest BCUT2D eigenvalue weighted by atomic mass is 19.1. The molecule has 0 atom stereocenters. The van der Waals surface area contributed by atoms with E-state index in [2.05, 4.69) is 17.4 Å². The third-order valence-electron chi connectivity index (χ3n) is 6.89. The second kappa shape index (κ2) is 9.74. The highest BCUT2D eigenvalue weighted by molar-refractivity contribution is 5.83. The van der Waals surface area contributed by atoms with Crippen LogP contribution in [0.25, 0.3) is 11.1 Å². The monoisotopic (exact) mass is 409 g/mol. The maximum Gasteiger partial charge on any atom is 0.226 e. The van der Waals surface area contributed by atoms with Gasteiger partial charge >= 0.3 is 0 Å². The van der Waals surface area contributed by atoms with Crippen molar-refractivity contribution in [1.29, 1.82) is 0 Å². The molecule has 1 aliphatic carbocycles. The number of benzene rings is 2. The molecule has 1 aliphatic heterocycles. The summed E-state index contributed by atoms with van der Waals surface area (Å²) >= 11 is 0. The Labute approximate surface area is 179 Å². The van der Waals surface area contributed by atoms with Gasteiger partial charge < -0.3 is 10.1 Å². The van der Waals surface area contributed by atoms with E-state index in [1.54, 1.807) is 12.1 Å². The van der Waals surface area contributed by atoms with Crippen molar-refractivity contribution in [2.24, 2.45) is 11.3 Å². The topological polar surface area (TPSA) is 38.3 Å². The summed E-state index contributed by atoms with van der Waals surface area (Å²) in [7, 11) is 0. The van der Waals surface area contributed by atoms with Crippen LogP contribution >= 0.6 is 0 Å². The number of rotatable bonds is 7. The first kappa shape index (κ1) is 21.0. The van der Waals surface area contributed by atoms with Gasteiger partial charge in [-0.2, -0.15) is 0 Å². The van der Waals surface area contributed by atoms with Crippen LogP contribution in [0.4, 0.5) is 4.39 Å². The smallest absolute Gasteiger partial charge is 0.226 e. The summed E-state index contributed by atoms with van der Waals surface area (Å²) in [6.45, 7) is 2.04. The zero-order valence-corrected chi connectivity index (χ0v) is 17.7. The number of hydrogen-bond acceptors (Lipinski definition) is 2. The molecule has 160 valence electrons. The molecule has 0 aromatic heterocycles. The summed E-state index contributed by atoms with van der Waals surface area (Å²) in [4.78, 5) is 13.3. The molecular weight excluding hydrogens is 377 g/mol. The van der Waals surface area contributed by atoms with Crippen LogP contribution in [0.5, 0.6) is 0 Å². The van der Waals surface area contributed by atoms with E-state index in [-0.39, 0.29) is 11.7 Å². The molecule has 0 bridgehead atoms. The van der Waals surface area contributed by atoms with Gasteiger partial charge in [-0.25, -0.2) is 4.39 Å². The number of ether oxygens (including phenoxy) is 1. The van der Waals surface area contributed by atoms with Gasteiger partial charge in [-0.1, -0.05) is 62.1 Å². The van der Waals surface area contributed by atoms with E-state index >= 15 is 0 Å². The molecule has 2 fully saturated rings. The fraction of sp³-hybridized carbons (Fsp3) is 0.500. The first-order valence-electron chi connectivity index (χ1n) is 11.4. The first-order valence-corrected chi connectivity index (χ1v) is 11.4. The average molecular weight is 410 g/mol. The Kier molecular flexibility index (Phi) is 6.83. The third kappa shape index (κ3) is 5.10. The van der Waals surface area contributed by atoms with Crippen molar-refractivity contribution in [3.05, 3.63) is 59.9 Å². The largest absolute Gasteiger partial charge is 0.381 e. The lowest BCUT2D eigenvalue weighted by atomic mass is 9.74. The summed E-state index contributed by atoms with van der Waals surface area (Å²) in [5.74, 6) is 0.727. The van der Waals surface area contributed by atoms with E-state index in [1.165, 1.54) is 37.8 Å². The fourth-order valence-corrected chi connectivity index (χ4v) is 5.02. The molecule has 1 N–H and O–H groups in total. The van der Waals surface area contributed by atoms with E-state index in [1.807, 2.05) is 12.1 Å². The molecule has 0 radical (unpaired) electrons. The second-order valence-corrected chi connectivity index (χ2v) is 8.97. The second-order valence-electron chi connectivity index (χ2n) is 8.97. The zero-order valence-electron chi connectivity index (χ0n) is 17.7. The lowest BCUT2D eigenvalue weighted by molar-refractivity contribution is -0.136. The van der Waals surface area contributed by atoms with Crippen molar-refractivity contribution in [3.8, 4) is 11.1 Å². The van der Waals surface area contributed by atoms with Crippen molar-refractivity contribution in [2.45, 2.75) is 51.4 Å². The average Bonchev–Trinajstić information content (AvgIpc) is 3.28. The molecule has 1 amide bonds. The SMILES string of the molecule is O=C(NCCC1CCCC1)C1(Cc2cccc(-c3ccc(F)cc3)c2)CCOCC1. The molecule has 4 heteroatoms. The molecule has 1 heterocycles. The molecule has 2 aromatic rings. The quantitative estimate of drug-likeness (QED) is 0.653. The zero-order chi connectivity index (χ0) is 20.8. The molecule has 3 nitrogen and oxygen atoms in total. The maximum atomic E-state index is 13.3. The molecule has 1 saturated heterocycles. The molecular formula is C26H32FNO2. The fourth-order valence-electron chi connectivity index (χ4n) is 5.02. The summed E-state index contributed by atoms with van der Waals surface area (Å²) < 4.78 is 18.9. The first-order chi connectivity index (χ1) is 14.6. The predicted molar refractivity (Wildman–Crippen MR) is 118 cm³/mol. The summed E-state index contributed by atoms with van der Waals surface area (Å²) in [5, 5.41) is 3.26. The van der Waals surface area contributed by atoms with Gasteiger partial charge in [-0.3, -0.25) is 4.79 Å². The Bertz CT molecular complexity index is 836. The van der Waals surface area contributed by atoms with E-state index in [0.29, 0.717) is 19.6 Å². The molecule has 2 aromatic carbocycles. The van der Waals surface area contributed by atoms with Crippen molar-refractivity contribution in [2.75, 3.05) is 19.8 Å². The van der Waals surface area contributed by atoms with Crippen molar-refractivity contribution in [1.82, 2.24) is 5.32 Å². The molecule has 4 rings (SSSR count). The van der Waals surface area contributed by atoms with Crippen molar-refractivity contribution in [3.63, 3.8) is 0 Å². The van der Waals surface area contributed by atoms with E-state index in [4.69, 9.17) is 4.74 Å². The van der Waals surface area contributed by atoms with Crippen LogP contribution in [-0.4, -0.2) is 25.7 Å². The van der Waals surface area contributed by atoms with Gasteiger partial charge in [0.2, 0.25) is 5.91 Å². The van der Waals surface area contributed by atoms with Gasteiger partial charge in [0.25, 0.3) is 0 Å². The molecule has 2 aliphatic rings. The number of nitrogens with one attached hydrogen (secondary N) is 1. The van der Waals surface area contributed by atoms with Gasteiger partial charge in [0, 0.05) is 19.8 Å². The minimum atomic E-state index is -0.407. The van der Waals surface area contributed by atoms with E-state index in [0.717, 1.165) is 48.4 Å². The van der Waals surface area contributed by atoms with Crippen molar-refractivity contribution >= 4 is 5.91 Å². The van der Waals surface area contributed by atoms with Gasteiger partial charge in [0.15, 0.2) is 0 Å². The Morgan fingerprint density at radius 3 is 2.50 bits per heavy atom. The number of carbonyl (C=O) groups excluding carboxylic acids is 1. The number of hydrogen-bond donors (Lipinski definition) is 1. The Hall–Kier alpha value is -2.20. The van der Waals surface area contributed by atoms with Crippen LogP contribution in [0, 0.1) is 17.2 Å². The van der Waals surface area contributed by atoms with E-state index in [9.17, 15) is 9.18 Å². The lowest BCUT2D eigenvalue weighted by Crippen LogP contribution is -2.46. The van der Waals surface area contributed by atoms with E-state index < -0.39 is 5.41 Å². The minimum Gasteiger partial charge on any atom is -0.381 e. The summed E-state index contributed by atoms with van der Waals surface area (Å²) in [6, 6.07) is 14.9. The van der Waals surface area contributed by atoms with Crippen LogP contribution < -0.4 is 5.32 Å². The van der Waals surface area contributed by atoms with Crippen LogP contribution in [0.3, 0.4) is 0 Å². The third-order valence-corrected chi connectivity index (χ3v) is 6.89. The van der Waals surface area contributed by atoms with Gasteiger partial charge in [0.05, 0.1) is 5.41 Å². The number of halogens is 1. The Balaban J connectivity index is 1.46. The van der Waals surface area contributed by atoms with Gasteiger partial charge in [0.1, 0.15) is 5.82 Å². The Morgan fingerprint density at radius 1 is 1.03 bits per heavy atom. The molecule has 0 unspecified atom stereocenters. The minimum absolute atomic E-state index is 0.177. The van der Waals surface area contributed by atoms with Crippen LogP contribution in [-0.2, 0) is 16.0 Å². The number of amides is 1. The Morgan fingerprint density at radius 2 is 1.77 bits per heavy atom. The molecule has 1 saturated carbocycles. The van der Waals surface area contributed by atoms with Gasteiger partial charge in [-0.05, 0) is 60.4 Å². The normalized spacial score (nSPS) is 19.0. The maximum absolute atomic E-state index is 13.3. The van der Waals surface area contributed by atoms with Crippen LogP contribution in [0.1, 0.15) is 50.5 Å². The summed E-state index contributed by atoms with van der Waals surface area (Å²) in [6.07, 6.45) is 8.61. The molecule has 0 spiro atoms. The predicted octanol–water partition coefficient (Wildman–Crippen LogP) is 5.53. The van der Waals surface area contributed by atoms with Crippen LogP contribution in [0.15, 0.2) is 48.5 Å². The van der Waals surface area contributed by atoms with Crippen LogP contribution in [0.2, 0.25) is 0 Å². The highest BCUT2D eigenvalue weighted by Crippen LogP contribution is 2.36. The van der Waals surface area contributed by atoms with Crippen molar-refractivity contribution < 1.29 is 13.9 Å². The van der Waals surface area contributed by atoms with Gasteiger partial charge in [-0.15, -0.1) is 0 Å². The standard InChI is InChI=1S/C26H32FNO2/c27-24-10-8-22(9-11-24)23-7-3-6-21(18-23)19-26(13-16-30-17-14-26)25(29)28-15-12-20-4-1-2-5-20/h3,6-11,18,20H,1-2,4-5,12-17,19H2,(H,28,29). The summed E-state index contributed by atoms with van der Waals surface area (Å²) in [5.41, 5.74) is 2.77. The highest BCUT2D eigenvalue weighted by Gasteiger charge is 2.40.